The SMILES string of the molecule is CN(CC1CCN(C(=O)c2ccccc2)CC1)C1Cc2ccccc2C1.Cl. The first kappa shape index (κ1) is 19.9. The van der Waals surface area contributed by atoms with Crippen molar-refractivity contribution < 1.29 is 4.79 Å². The highest BCUT2D eigenvalue weighted by Crippen LogP contribution is 2.27. The molecule has 0 unspecified atom stereocenters. The van der Waals surface area contributed by atoms with E-state index in [1.54, 1.807) is 0 Å². The van der Waals surface area contributed by atoms with Crippen molar-refractivity contribution in [2.24, 2.45) is 5.92 Å². The number of benzene rings is 2. The van der Waals surface area contributed by atoms with Crippen LogP contribution in [0.15, 0.2) is 54.6 Å². The van der Waals surface area contributed by atoms with Crippen LogP contribution in [0.3, 0.4) is 0 Å². The lowest BCUT2D eigenvalue weighted by Gasteiger charge is -2.35. The predicted octanol–water partition coefficient (Wildman–Crippen LogP) is 4.06. The van der Waals surface area contributed by atoms with Gasteiger partial charge >= 0.3 is 0 Å². The number of piperidine rings is 1. The number of halogens is 1. The first-order valence-corrected chi connectivity index (χ1v) is 9.82. The molecule has 1 amide bonds. The number of nitrogens with zero attached hydrogens (tertiary/aromatic N) is 2. The molecule has 1 fully saturated rings. The lowest BCUT2D eigenvalue weighted by Crippen LogP contribution is -2.43. The number of hydrogen-bond donors (Lipinski definition) is 0. The fourth-order valence-corrected chi connectivity index (χ4v) is 4.49. The summed E-state index contributed by atoms with van der Waals surface area (Å²) in [5, 5.41) is 0. The third kappa shape index (κ3) is 4.53. The summed E-state index contributed by atoms with van der Waals surface area (Å²) in [7, 11) is 2.28. The highest BCUT2D eigenvalue weighted by atomic mass is 35.5. The average Bonchev–Trinajstić information content (AvgIpc) is 3.13. The van der Waals surface area contributed by atoms with Gasteiger partial charge in [-0.2, -0.15) is 0 Å². The Bertz CT molecular complexity index is 731. The third-order valence-electron chi connectivity index (χ3n) is 6.12. The van der Waals surface area contributed by atoms with E-state index in [9.17, 15) is 4.79 Å². The standard InChI is InChI=1S/C23H28N2O.ClH/c1-24(22-15-20-9-5-6-10-21(20)16-22)17-18-11-13-25(14-12-18)23(26)19-7-3-2-4-8-19;/h2-10,18,22H,11-17H2,1H3;1H. The molecule has 0 bridgehead atoms. The Kier molecular flexibility index (Phi) is 6.56. The van der Waals surface area contributed by atoms with E-state index >= 15 is 0 Å². The Hall–Kier alpha value is -1.84. The van der Waals surface area contributed by atoms with Crippen LogP contribution in [0.4, 0.5) is 0 Å². The first-order chi connectivity index (χ1) is 12.7. The van der Waals surface area contributed by atoms with Crippen LogP contribution in [0.25, 0.3) is 0 Å². The van der Waals surface area contributed by atoms with Crippen LogP contribution in [-0.2, 0) is 12.8 Å². The van der Waals surface area contributed by atoms with Gasteiger partial charge in [-0.1, -0.05) is 42.5 Å². The van der Waals surface area contributed by atoms with E-state index < -0.39 is 0 Å². The number of fused-ring (bicyclic) bond motifs is 1. The van der Waals surface area contributed by atoms with E-state index in [0.717, 1.165) is 38.0 Å². The molecule has 0 saturated carbocycles. The maximum Gasteiger partial charge on any atom is 0.253 e. The van der Waals surface area contributed by atoms with Crippen LogP contribution >= 0.6 is 12.4 Å². The molecular formula is C23H29ClN2O. The van der Waals surface area contributed by atoms with E-state index in [4.69, 9.17) is 0 Å². The fraction of sp³-hybridized carbons (Fsp3) is 0.435. The van der Waals surface area contributed by atoms with Gasteiger partial charge in [-0.25, -0.2) is 0 Å². The fourth-order valence-electron chi connectivity index (χ4n) is 4.49. The molecule has 144 valence electrons. The minimum Gasteiger partial charge on any atom is -0.339 e. The lowest BCUT2D eigenvalue weighted by molar-refractivity contribution is 0.0663. The molecule has 27 heavy (non-hydrogen) atoms. The number of carbonyl (C=O) groups excluding carboxylic acids is 1. The number of amides is 1. The molecule has 4 rings (SSSR count). The number of carbonyl (C=O) groups is 1. The number of hydrogen-bond acceptors (Lipinski definition) is 2. The lowest BCUT2D eigenvalue weighted by atomic mass is 9.95. The number of likely N-dealkylation sites (tertiary alicyclic amines) is 1. The zero-order valence-electron chi connectivity index (χ0n) is 16.0. The van der Waals surface area contributed by atoms with Crippen LogP contribution in [0, 0.1) is 5.92 Å². The van der Waals surface area contributed by atoms with Gasteiger partial charge in [-0.3, -0.25) is 4.79 Å². The van der Waals surface area contributed by atoms with Crippen molar-refractivity contribution in [3.63, 3.8) is 0 Å². The van der Waals surface area contributed by atoms with Gasteiger partial charge in [0.1, 0.15) is 0 Å². The molecule has 4 heteroatoms. The third-order valence-corrected chi connectivity index (χ3v) is 6.12. The predicted molar refractivity (Wildman–Crippen MR) is 113 cm³/mol. The highest BCUT2D eigenvalue weighted by Gasteiger charge is 2.28. The van der Waals surface area contributed by atoms with Crippen molar-refractivity contribution in [1.82, 2.24) is 9.80 Å². The number of rotatable bonds is 4. The Labute approximate surface area is 168 Å². The van der Waals surface area contributed by atoms with Crippen molar-refractivity contribution in [3.05, 3.63) is 71.3 Å². The molecular weight excluding hydrogens is 356 g/mol. The van der Waals surface area contributed by atoms with E-state index in [0.29, 0.717) is 12.0 Å². The van der Waals surface area contributed by atoms with Gasteiger partial charge in [-0.05, 0) is 61.9 Å². The maximum absolute atomic E-state index is 12.6. The summed E-state index contributed by atoms with van der Waals surface area (Å²) in [5.41, 5.74) is 3.85. The van der Waals surface area contributed by atoms with Gasteiger partial charge in [-0.15, -0.1) is 12.4 Å². The van der Waals surface area contributed by atoms with Gasteiger partial charge in [0, 0.05) is 31.2 Å². The molecule has 2 aromatic rings. The Morgan fingerprint density at radius 3 is 2.11 bits per heavy atom. The van der Waals surface area contributed by atoms with Crippen molar-refractivity contribution >= 4 is 18.3 Å². The summed E-state index contributed by atoms with van der Waals surface area (Å²) >= 11 is 0. The highest BCUT2D eigenvalue weighted by molar-refractivity contribution is 5.94. The van der Waals surface area contributed by atoms with E-state index in [1.807, 2.05) is 35.2 Å². The minimum atomic E-state index is 0. The summed E-state index contributed by atoms with van der Waals surface area (Å²) in [5.74, 6) is 0.882. The summed E-state index contributed by atoms with van der Waals surface area (Å²) in [6.07, 6.45) is 4.58. The Morgan fingerprint density at radius 2 is 1.52 bits per heavy atom. The largest absolute Gasteiger partial charge is 0.339 e. The molecule has 0 spiro atoms. The topological polar surface area (TPSA) is 23.6 Å². The second-order valence-corrected chi connectivity index (χ2v) is 7.87. The smallest absolute Gasteiger partial charge is 0.253 e. The summed E-state index contributed by atoms with van der Waals surface area (Å²) in [6.45, 7) is 2.92. The molecule has 2 aromatic carbocycles. The quantitative estimate of drug-likeness (QED) is 0.793. The number of likely N-dealkylation sites (N-methyl/N-ethyl adjacent to an activating group) is 1. The van der Waals surface area contributed by atoms with Gasteiger partial charge in [0.05, 0.1) is 0 Å². The van der Waals surface area contributed by atoms with Crippen molar-refractivity contribution in [3.8, 4) is 0 Å². The second kappa shape index (κ2) is 8.90. The van der Waals surface area contributed by atoms with Crippen LogP contribution in [-0.4, -0.2) is 48.4 Å². The zero-order chi connectivity index (χ0) is 17.9. The van der Waals surface area contributed by atoms with Crippen molar-refractivity contribution in [2.75, 3.05) is 26.7 Å². The van der Waals surface area contributed by atoms with Crippen LogP contribution in [0.1, 0.15) is 34.3 Å². The molecule has 2 aliphatic rings. The van der Waals surface area contributed by atoms with Gasteiger partial charge < -0.3 is 9.80 Å². The molecule has 0 aromatic heterocycles. The molecule has 3 nitrogen and oxygen atoms in total. The molecule has 0 radical (unpaired) electrons. The zero-order valence-corrected chi connectivity index (χ0v) is 16.8. The molecule has 1 heterocycles. The van der Waals surface area contributed by atoms with Crippen molar-refractivity contribution in [2.45, 2.75) is 31.7 Å². The first-order valence-electron chi connectivity index (χ1n) is 9.82. The van der Waals surface area contributed by atoms with Gasteiger partial charge in [0.25, 0.3) is 5.91 Å². The second-order valence-electron chi connectivity index (χ2n) is 7.87. The van der Waals surface area contributed by atoms with Crippen LogP contribution in [0.5, 0.6) is 0 Å². The normalized spacial score (nSPS) is 17.6. The minimum absolute atomic E-state index is 0. The van der Waals surface area contributed by atoms with Crippen LogP contribution < -0.4 is 0 Å². The Morgan fingerprint density at radius 1 is 0.963 bits per heavy atom. The maximum atomic E-state index is 12.6. The van der Waals surface area contributed by atoms with Gasteiger partial charge in [0.2, 0.25) is 0 Å². The molecule has 0 atom stereocenters. The Balaban J connectivity index is 0.00000210. The van der Waals surface area contributed by atoms with Crippen molar-refractivity contribution in [1.29, 1.82) is 0 Å². The van der Waals surface area contributed by atoms with E-state index in [2.05, 4.69) is 36.2 Å². The molecule has 1 saturated heterocycles. The molecule has 1 aliphatic carbocycles. The molecule has 1 aliphatic heterocycles. The van der Waals surface area contributed by atoms with E-state index in [1.165, 1.54) is 24.0 Å². The average molecular weight is 385 g/mol. The summed E-state index contributed by atoms with van der Waals surface area (Å²) in [6, 6.07) is 19.2. The van der Waals surface area contributed by atoms with Gasteiger partial charge in [0.15, 0.2) is 0 Å². The van der Waals surface area contributed by atoms with Crippen LogP contribution in [0.2, 0.25) is 0 Å². The summed E-state index contributed by atoms with van der Waals surface area (Å²) < 4.78 is 0. The monoisotopic (exact) mass is 384 g/mol. The summed E-state index contributed by atoms with van der Waals surface area (Å²) in [4.78, 5) is 17.2. The van der Waals surface area contributed by atoms with E-state index in [-0.39, 0.29) is 18.3 Å². The molecule has 0 N–H and O–H groups in total.